The van der Waals surface area contributed by atoms with Gasteiger partial charge in [0.15, 0.2) is 0 Å². The molecule has 112 valence electrons. The first kappa shape index (κ1) is 13.6. The van der Waals surface area contributed by atoms with Gasteiger partial charge in [-0.15, -0.1) is 0 Å². The number of halogens is 2. The van der Waals surface area contributed by atoms with Crippen molar-refractivity contribution in [1.82, 2.24) is 0 Å². The predicted octanol–water partition coefficient (Wildman–Crippen LogP) is 4.63. The number of amides is 1. The Bertz CT molecular complexity index is 565. The topological polar surface area (TPSA) is 29.1 Å². The third-order valence-corrected chi connectivity index (χ3v) is 5.93. The maximum atomic E-state index is 13.9. The summed E-state index contributed by atoms with van der Waals surface area (Å²) in [5.74, 6) is 1.68. The van der Waals surface area contributed by atoms with E-state index in [0.29, 0.717) is 22.8 Å². The van der Waals surface area contributed by atoms with Gasteiger partial charge < -0.3 is 5.32 Å². The molecule has 1 N–H and O–H groups in total. The third-order valence-electron chi connectivity index (χ3n) is 5.70. The first-order valence-electron chi connectivity index (χ1n) is 7.81. The summed E-state index contributed by atoms with van der Waals surface area (Å²) in [6.45, 7) is 0. The van der Waals surface area contributed by atoms with Crippen LogP contribution in [0, 0.1) is 29.0 Å². The number of carbonyl (C=O) groups excluding carboxylic acids is 1. The van der Waals surface area contributed by atoms with Crippen LogP contribution in [0.15, 0.2) is 18.2 Å². The number of rotatable bonds is 2. The lowest BCUT2D eigenvalue weighted by Crippen LogP contribution is -2.51. The van der Waals surface area contributed by atoms with Gasteiger partial charge in [-0.2, -0.15) is 0 Å². The molecule has 0 spiro atoms. The first-order valence-corrected chi connectivity index (χ1v) is 8.18. The molecule has 4 aliphatic rings. The van der Waals surface area contributed by atoms with Crippen molar-refractivity contribution in [2.45, 2.75) is 38.5 Å². The summed E-state index contributed by atoms with van der Waals surface area (Å²) in [5, 5.41) is 3.17. The average molecular weight is 308 g/mol. The van der Waals surface area contributed by atoms with Crippen molar-refractivity contribution in [3.63, 3.8) is 0 Å². The van der Waals surface area contributed by atoms with E-state index in [4.69, 9.17) is 11.6 Å². The molecule has 2 nitrogen and oxygen atoms in total. The molecule has 4 fully saturated rings. The van der Waals surface area contributed by atoms with Crippen LogP contribution < -0.4 is 5.32 Å². The highest BCUT2D eigenvalue weighted by Crippen LogP contribution is 2.60. The van der Waals surface area contributed by atoms with Gasteiger partial charge in [0.25, 0.3) is 0 Å². The van der Waals surface area contributed by atoms with Gasteiger partial charge in [-0.05, 0) is 74.5 Å². The summed E-state index contributed by atoms with van der Waals surface area (Å²) in [7, 11) is 0. The van der Waals surface area contributed by atoms with Gasteiger partial charge in [0, 0.05) is 5.02 Å². The normalized spacial score (nSPS) is 36.8. The maximum Gasteiger partial charge on any atom is 0.230 e. The van der Waals surface area contributed by atoms with Crippen molar-refractivity contribution in [2.75, 3.05) is 5.32 Å². The van der Waals surface area contributed by atoms with Gasteiger partial charge >= 0.3 is 0 Å². The smallest absolute Gasteiger partial charge is 0.230 e. The fourth-order valence-corrected chi connectivity index (χ4v) is 5.39. The van der Waals surface area contributed by atoms with E-state index < -0.39 is 5.82 Å². The Morgan fingerprint density at radius 1 is 1.14 bits per heavy atom. The van der Waals surface area contributed by atoms with Crippen LogP contribution in [0.3, 0.4) is 0 Å². The SMILES string of the molecule is O=C(Nc1ccc(Cl)cc1F)C12CC3CC(CC(C3)C1)C2. The molecule has 0 radical (unpaired) electrons. The summed E-state index contributed by atoms with van der Waals surface area (Å²) >= 11 is 5.76. The molecular formula is C17H19ClFNO. The Morgan fingerprint density at radius 3 is 2.24 bits per heavy atom. The standard InChI is InChI=1S/C17H19ClFNO/c18-13-1-2-15(14(19)6-13)20-16(21)17-7-10-3-11(8-17)5-12(4-10)9-17/h1-2,6,10-12H,3-5,7-9H2,(H,20,21). The van der Waals surface area contributed by atoms with Gasteiger partial charge in [0.1, 0.15) is 5.82 Å². The fourth-order valence-electron chi connectivity index (χ4n) is 5.23. The summed E-state index contributed by atoms with van der Waals surface area (Å²) in [6.07, 6.45) is 6.84. The molecule has 0 aromatic heterocycles. The van der Waals surface area contributed by atoms with E-state index in [1.54, 1.807) is 12.1 Å². The molecule has 5 rings (SSSR count). The Morgan fingerprint density at radius 2 is 1.71 bits per heavy atom. The number of nitrogens with one attached hydrogen (secondary N) is 1. The Balaban J connectivity index is 1.57. The molecule has 0 saturated heterocycles. The van der Waals surface area contributed by atoms with Gasteiger partial charge in [0.05, 0.1) is 11.1 Å². The van der Waals surface area contributed by atoms with Crippen LogP contribution in [0.2, 0.25) is 5.02 Å². The second-order valence-electron chi connectivity index (χ2n) is 7.28. The van der Waals surface area contributed by atoms with Crippen LogP contribution in [0.5, 0.6) is 0 Å². The maximum absolute atomic E-state index is 13.9. The fraction of sp³-hybridized carbons (Fsp3) is 0.588. The molecule has 4 bridgehead atoms. The van der Waals surface area contributed by atoms with Crippen molar-refractivity contribution < 1.29 is 9.18 Å². The monoisotopic (exact) mass is 307 g/mol. The molecule has 0 aliphatic heterocycles. The minimum atomic E-state index is -0.458. The molecule has 4 saturated carbocycles. The van der Waals surface area contributed by atoms with Crippen LogP contribution in [0.1, 0.15) is 38.5 Å². The molecule has 4 aliphatic carbocycles. The van der Waals surface area contributed by atoms with Crippen LogP contribution >= 0.6 is 11.6 Å². The van der Waals surface area contributed by atoms with Crippen LogP contribution in [0.25, 0.3) is 0 Å². The lowest BCUT2D eigenvalue weighted by atomic mass is 9.49. The molecular weight excluding hydrogens is 289 g/mol. The molecule has 0 heterocycles. The largest absolute Gasteiger partial charge is 0.323 e. The lowest BCUT2D eigenvalue weighted by molar-refractivity contribution is -0.140. The van der Waals surface area contributed by atoms with Gasteiger partial charge in [-0.3, -0.25) is 4.79 Å². The minimum Gasteiger partial charge on any atom is -0.323 e. The number of anilines is 1. The second kappa shape index (κ2) is 4.70. The van der Waals surface area contributed by atoms with Crippen molar-refractivity contribution >= 4 is 23.2 Å². The van der Waals surface area contributed by atoms with E-state index in [9.17, 15) is 9.18 Å². The molecule has 0 atom stereocenters. The van der Waals surface area contributed by atoms with Crippen molar-refractivity contribution in [2.24, 2.45) is 23.2 Å². The summed E-state index contributed by atoms with van der Waals surface area (Å²) < 4.78 is 13.9. The number of hydrogen-bond acceptors (Lipinski definition) is 1. The van der Waals surface area contributed by atoms with E-state index in [1.165, 1.54) is 25.3 Å². The molecule has 4 heteroatoms. The lowest BCUT2D eigenvalue weighted by Gasteiger charge is -2.55. The van der Waals surface area contributed by atoms with Gasteiger partial charge in [0.2, 0.25) is 5.91 Å². The third kappa shape index (κ3) is 2.26. The Labute approximate surface area is 129 Å². The zero-order valence-electron chi connectivity index (χ0n) is 11.9. The quantitative estimate of drug-likeness (QED) is 0.847. The summed E-state index contributed by atoms with van der Waals surface area (Å²) in [4.78, 5) is 12.8. The van der Waals surface area contributed by atoms with Crippen molar-refractivity contribution in [3.05, 3.63) is 29.0 Å². The molecule has 1 aromatic rings. The molecule has 1 aromatic carbocycles. The highest BCUT2D eigenvalue weighted by molar-refractivity contribution is 6.30. The van der Waals surface area contributed by atoms with E-state index in [-0.39, 0.29) is 17.0 Å². The van der Waals surface area contributed by atoms with Gasteiger partial charge in [-0.25, -0.2) is 4.39 Å². The number of carbonyl (C=O) groups is 1. The first-order chi connectivity index (χ1) is 10.0. The summed E-state index contributed by atoms with van der Waals surface area (Å²) in [6, 6.07) is 4.41. The number of benzene rings is 1. The van der Waals surface area contributed by atoms with Gasteiger partial charge in [-0.1, -0.05) is 11.6 Å². The molecule has 1 amide bonds. The highest BCUT2D eigenvalue weighted by atomic mass is 35.5. The number of hydrogen-bond donors (Lipinski definition) is 1. The molecule has 21 heavy (non-hydrogen) atoms. The highest BCUT2D eigenvalue weighted by Gasteiger charge is 2.54. The predicted molar refractivity (Wildman–Crippen MR) is 80.6 cm³/mol. The van der Waals surface area contributed by atoms with E-state index in [2.05, 4.69) is 5.32 Å². The molecule has 0 unspecified atom stereocenters. The summed E-state index contributed by atoms with van der Waals surface area (Å²) in [5.41, 5.74) is 0.000954. The van der Waals surface area contributed by atoms with Crippen molar-refractivity contribution in [3.8, 4) is 0 Å². The van der Waals surface area contributed by atoms with E-state index in [0.717, 1.165) is 19.3 Å². The van der Waals surface area contributed by atoms with E-state index in [1.807, 2.05) is 0 Å². The van der Waals surface area contributed by atoms with Crippen LogP contribution in [-0.2, 0) is 4.79 Å². The Kier molecular flexibility index (Phi) is 3.04. The van der Waals surface area contributed by atoms with Crippen LogP contribution in [-0.4, -0.2) is 5.91 Å². The zero-order chi connectivity index (χ0) is 14.6. The van der Waals surface area contributed by atoms with Crippen molar-refractivity contribution in [1.29, 1.82) is 0 Å². The Hall–Kier alpha value is -1.09. The van der Waals surface area contributed by atoms with Crippen LogP contribution in [0.4, 0.5) is 10.1 Å². The second-order valence-corrected chi connectivity index (χ2v) is 7.71. The van der Waals surface area contributed by atoms with E-state index >= 15 is 0 Å². The zero-order valence-corrected chi connectivity index (χ0v) is 12.6. The average Bonchev–Trinajstić information content (AvgIpc) is 2.40. The minimum absolute atomic E-state index is 0.0165.